The van der Waals surface area contributed by atoms with Crippen LogP contribution in [0.1, 0.15) is 72.6 Å². The Morgan fingerprint density at radius 3 is 2.30 bits per heavy atom. The number of ketones is 1. The average molecular weight is 377 g/mol. The van der Waals surface area contributed by atoms with E-state index in [4.69, 9.17) is 4.74 Å². The Labute approximate surface area is 161 Å². The monoisotopic (exact) mass is 377 g/mol. The third-order valence-electron chi connectivity index (χ3n) is 5.03. The molecule has 2 rings (SSSR count). The fraction of sp³-hybridized carbons (Fsp3) is 0.650. The van der Waals surface area contributed by atoms with Crippen LogP contribution in [0.3, 0.4) is 0 Å². The van der Waals surface area contributed by atoms with Gasteiger partial charge in [0.25, 0.3) is 0 Å². The van der Waals surface area contributed by atoms with Crippen molar-refractivity contribution in [1.29, 1.82) is 0 Å². The Hall–Kier alpha value is -2.31. The van der Waals surface area contributed by atoms with E-state index in [0.29, 0.717) is 22.5 Å². The van der Waals surface area contributed by atoms with Crippen LogP contribution in [0.15, 0.2) is 0 Å². The van der Waals surface area contributed by atoms with Crippen molar-refractivity contribution in [3.8, 4) is 0 Å². The molecule has 1 aliphatic rings. The first kappa shape index (κ1) is 21.0. The zero-order valence-electron chi connectivity index (χ0n) is 17.4. The van der Waals surface area contributed by atoms with Crippen molar-refractivity contribution < 1.29 is 19.1 Å². The van der Waals surface area contributed by atoms with E-state index >= 15 is 0 Å². The zero-order valence-corrected chi connectivity index (χ0v) is 17.4. The Balaban J connectivity index is 2.37. The molecule has 1 atom stereocenters. The molecular formula is C20H31N3O4. The molecule has 1 heterocycles. The SMILES string of the molecule is CCOC(=O)c1c(C)c(C(=O)C(C)N(C(=O)NC(C)C)C2CC2)c(C)n1C. The van der Waals surface area contributed by atoms with Gasteiger partial charge >= 0.3 is 12.0 Å². The highest BCUT2D eigenvalue weighted by molar-refractivity contribution is 6.06. The third-order valence-corrected chi connectivity index (χ3v) is 5.03. The van der Waals surface area contributed by atoms with Crippen molar-refractivity contribution in [3.05, 3.63) is 22.5 Å². The quantitative estimate of drug-likeness (QED) is 0.585. The molecule has 1 aromatic heterocycles. The van der Waals surface area contributed by atoms with Crippen molar-refractivity contribution in [2.45, 2.75) is 72.5 Å². The first-order valence-electron chi connectivity index (χ1n) is 9.57. The highest BCUT2D eigenvalue weighted by atomic mass is 16.5. The van der Waals surface area contributed by atoms with Gasteiger partial charge in [0.1, 0.15) is 5.69 Å². The molecule has 0 aliphatic heterocycles. The summed E-state index contributed by atoms with van der Waals surface area (Å²) in [6, 6.07) is -0.732. The second-order valence-electron chi connectivity index (χ2n) is 7.50. The number of Topliss-reactive ketones (excluding diaryl/α,β-unsaturated/α-hetero) is 1. The molecule has 1 aromatic rings. The van der Waals surface area contributed by atoms with Crippen molar-refractivity contribution >= 4 is 17.8 Å². The fourth-order valence-corrected chi connectivity index (χ4v) is 3.50. The van der Waals surface area contributed by atoms with Crippen molar-refractivity contribution in [2.75, 3.05) is 6.61 Å². The molecule has 1 fully saturated rings. The lowest BCUT2D eigenvalue weighted by molar-refractivity contribution is 0.0514. The van der Waals surface area contributed by atoms with Crippen LogP contribution in [0.4, 0.5) is 4.79 Å². The maximum atomic E-state index is 13.3. The number of ether oxygens (including phenoxy) is 1. The minimum absolute atomic E-state index is 0.00309. The van der Waals surface area contributed by atoms with Crippen LogP contribution in [0.5, 0.6) is 0 Å². The van der Waals surface area contributed by atoms with Crippen molar-refractivity contribution in [3.63, 3.8) is 0 Å². The first-order valence-corrected chi connectivity index (χ1v) is 9.57. The maximum absolute atomic E-state index is 13.3. The normalized spacial score (nSPS) is 14.8. The van der Waals surface area contributed by atoms with Crippen molar-refractivity contribution in [2.24, 2.45) is 7.05 Å². The second kappa shape index (κ2) is 8.15. The van der Waals surface area contributed by atoms with Crippen LogP contribution >= 0.6 is 0 Å². The largest absolute Gasteiger partial charge is 0.461 e. The van der Waals surface area contributed by atoms with Crippen LogP contribution in [0.2, 0.25) is 0 Å². The summed E-state index contributed by atoms with van der Waals surface area (Å²) >= 11 is 0. The molecule has 0 bridgehead atoms. The molecule has 7 heteroatoms. The van der Waals surface area contributed by atoms with E-state index in [-0.39, 0.29) is 30.5 Å². The van der Waals surface area contributed by atoms with Gasteiger partial charge < -0.3 is 19.5 Å². The van der Waals surface area contributed by atoms with Crippen LogP contribution in [-0.2, 0) is 11.8 Å². The number of amides is 2. The van der Waals surface area contributed by atoms with Gasteiger partial charge in [-0.25, -0.2) is 9.59 Å². The summed E-state index contributed by atoms with van der Waals surface area (Å²) in [6.45, 7) is 11.1. The molecule has 0 aromatic carbocycles. The van der Waals surface area contributed by atoms with Gasteiger partial charge in [0.15, 0.2) is 5.78 Å². The average Bonchev–Trinajstić information content (AvgIpc) is 3.35. The number of carbonyl (C=O) groups excluding carboxylic acids is 3. The fourth-order valence-electron chi connectivity index (χ4n) is 3.50. The summed E-state index contributed by atoms with van der Waals surface area (Å²) < 4.78 is 6.83. The van der Waals surface area contributed by atoms with Gasteiger partial charge in [-0.2, -0.15) is 0 Å². The number of nitrogens with one attached hydrogen (secondary N) is 1. The van der Waals surface area contributed by atoms with Gasteiger partial charge in [0.2, 0.25) is 0 Å². The molecule has 1 unspecified atom stereocenters. The van der Waals surface area contributed by atoms with Crippen LogP contribution in [0.25, 0.3) is 0 Å². The van der Waals surface area contributed by atoms with E-state index in [1.807, 2.05) is 20.8 Å². The van der Waals surface area contributed by atoms with E-state index in [2.05, 4.69) is 5.32 Å². The van der Waals surface area contributed by atoms with Gasteiger partial charge in [-0.1, -0.05) is 0 Å². The van der Waals surface area contributed by atoms with E-state index in [1.165, 1.54) is 0 Å². The van der Waals surface area contributed by atoms with Gasteiger partial charge in [-0.3, -0.25) is 4.79 Å². The van der Waals surface area contributed by atoms with Crippen LogP contribution in [-0.4, -0.2) is 52.0 Å². The summed E-state index contributed by atoms with van der Waals surface area (Å²) in [5.41, 5.74) is 2.18. The summed E-state index contributed by atoms with van der Waals surface area (Å²) in [4.78, 5) is 39.9. The third kappa shape index (κ3) is 4.17. The van der Waals surface area contributed by atoms with E-state index in [1.54, 1.807) is 37.3 Å². The molecule has 0 radical (unpaired) electrons. The standard InChI is InChI=1S/C20H31N3O4/c1-8-27-19(25)17-12(4)16(13(5)22(17)7)18(24)14(6)23(15-9-10-15)20(26)21-11(2)3/h11,14-15H,8-10H2,1-7H3,(H,21,26). The Morgan fingerprint density at radius 1 is 1.22 bits per heavy atom. The molecule has 2 amide bonds. The van der Waals surface area contributed by atoms with E-state index in [0.717, 1.165) is 12.8 Å². The molecule has 1 saturated carbocycles. The molecule has 27 heavy (non-hydrogen) atoms. The second-order valence-corrected chi connectivity index (χ2v) is 7.50. The summed E-state index contributed by atoms with van der Waals surface area (Å²) in [5, 5.41) is 2.89. The van der Waals surface area contributed by atoms with E-state index < -0.39 is 12.0 Å². The number of urea groups is 1. The van der Waals surface area contributed by atoms with Gasteiger partial charge in [0.05, 0.1) is 12.6 Å². The molecule has 0 spiro atoms. The molecular weight excluding hydrogens is 346 g/mol. The number of esters is 1. The lowest BCUT2D eigenvalue weighted by atomic mass is 10.00. The lowest BCUT2D eigenvalue weighted by Gasteiger charge is -2.29. The smallest absolute Gasteiger partial charge is 0.355 e. The minimum atomic E-state index is -0.605. The minimum Gasteiger partial charge on any atom is -0.461 e. The number of hydrogen-bond acceptors (Lipinski definition) is 4. The first-order chi connectivity index (χ1) is 12.6. The summed E-state index contributed by atoms with van der Waals surface area (Å²) in [7, 11) is 1.75. The Kier molecular flexibility index (Phi) is 6.34. The van der Waals surface area contributed by atoms with E-state index in [9.17, 15) is 14.4 Å². The Bertz CT molecular complexity index is 747. The van der Waals surface area contributed by atoms with Crippen LogP contribution < -0.4 is 5.32 Å². The zero-order chi connectivity index (χ0) is 20.5. The maximum Gasteiger partial charge on any atom is 0.355 e. The summed E-state index contributed by atoms with van der Waals surface area (Å²) in [6.07, 6.45) is 1.81. The number of rotatable bonds is 7. The highest BCUT2D eigenvalue weighted by Gasteiger charge is 2.40. The molecule has 1 aliphatic carbocycles. The van der Waals surface area contributed by atoms with Gasteiger partial charge in [-0.05, 0) is 59.9 Å². The summed E-state index contributed by atoms with van der Waals surface area (Å²) in [5.74, 6) is -0.592. The number of aromatic nitrogens is 1. The topological polar surface area (TPSA) is 80.6 Å². The molecule has 7 nitrogen and oxygen atoms in total. The molecule has 0 saturated heterocycles. The highest BCUT2D eigenvalue weighted by Crippen LogP contribution is 2.31. The molecule has 1 N–H and O–H groups in total. The van der Waals surface area contributed by atoms with Crippen molar-refractivity contribution in [1.82, 2.24) is 14.8 Å². The van der Waals surface area contributed by atoms with Gasteiger partial charge in [-0.15, -0.1) is 0 Å². The number of nitrogens with zero attached hydrogens (tertiary/aromatic N) is 2. The van der Waals surface area contributed by atoms with Gasteiger partial charge in [0, 0.05) is 30.4 Å². The van der Waals surface area contributed by atoms with Crippen LogP contribution in [0, 0.1) is 13.8 Å². The number of carbonyl (C=O) groups is 3. The number of hydrogen-bond donors (Lipinski definition) is 1. The predicted octanol–water partition coefficient (Wildman–Crippen LogP) is 2.97. The lowest BCUT2D eigenvalue weighted by Crippen LogP contribution is -2.51. The predicted molar refractivity (Wildman–Crippen MR) is 103 cm³/mol. The molecule has 150 valence electrons. The Morgan fingerprint density at radius 2 is 1.81 bits per heavy atom.